The first-order chi connectivity index (χ1) is 8.73. The third kappa shape index (κ3) is 2.34. The normalized spacial score (nSPS) is 23.4. The molecule has 1 fully saturated rings. The average Bonchev–Trinajstić information content (AvgIpc) is 2.99. The largest absolute Gasteiger partial charge is 0.316 e. The Morgan fingerprint density at radius 1 is 1.50 bits per heavy atom. The first-order valence-corrected chi connectivity index (χ1v) is 7.01. The molecule has 0 saturated carbocycles. The second-order valence-electron chi connectivity index (χ2n) is 5.23. The van der Waals surface area contributed by atoms with Crippen LogP contribution in [0.15, 0.2) is 12.3 Å². The summed E-state index contributed by atoms with van der Waals surface area (Å²) in [5.41, 5.74) is 0.592. The molecule has 1 N–H and O–H groups in total. The first-order valence-electron chi connectivity index (χ1n) is 7.01. The Morgan fingerprint density at radius 3 is 2.94 bits per heavy atom. The van der Waals surface area contributed by atoms with E-state index in [4.69, 9.17) is 0 Å². The van der Waals surface area contributed by atoms with E-state index in [-0.39, 0.29) is 11.2 Å². The van der Waals surface area contributed by atoms with E-state index in [1.807, 2.05) is 10.7 Å². The molecule has 1 saturated heterocycles. The van der Waals surface area contributed by atoms with E-state index < -0.39 is 0 Å². The topological polar surface area (TPSA) is 46.9 Å². The second kappa shape index (κ2) is 5.65. The van der Waals surface area contributed by atoms with Crippen LogP contribution >= 0.6 is 0 Å². The van der Waals surface area contributed by atoms with Crippen molar-refractivity contribution in [2.75, 3.05) is 13.1 Å². The average molecular weight is 249 g/mol. The van der Waals surface area contributed by atoms with Crippen LogP contribution in [-0.2, 0) is 6.54 Å². The van der Waals surface area contributed by atoms with Crippen molar-refractivity contribution in [3.63, 3.8) is 0 Å². The van der Waals surface area contributed by atoms with Crippen molar-refractivity contribution in [2.45, 2.75) is 46.1 Å². The molecule has 1 aliphatic heterocycles. The molecule has 2 rings (SSSR count). The highest BCUT2D eigenvalue weighted by atomic mass is 16.1. The molecule has 0 aromatic carbocycles. The number of Topliss-reactive ketones (excluding diaryl/α,β-unsaturated/α-hetero) is 1. The van der Waals surface area contributed by atoms with Crippen LogP contribution in [0.5, 0.6) is 0 Å². The number of hydrogen-bond acceptors (Lipinski definition) is 3. The fraction of sp³-hybridized carbons (Fsp3) is 0.714. The van der Waals surface area contributed by atoms with Gasteiger partial charge in [0.25, 0.3) is 0 Å². The number of aromatic nitrogens is 2. The SMILES string of the molecule is CCCn1nccc1C(=O)C1(CCC)CCNC1. The quantitative estimate of drug-likeness (QED) is 0.787. The van der Waals surface area contributed by atoms with Gasteiger partial charge in [-0.3, -0.25) is 9.48 Å². The van der Waals surface area contributed by atoms with Crippen molar-refractivity contribution in [3.8, 4) is 0 Å². The van der Waals surface area contributed by atoms with E-state index in [9.17, 15) is 4.79 Å². The van der Waals surface area contributed by atoms with E-state index in [1.165, 1.54) is 0 Å². The second-order valence-corrected chi connectivity index (χ2v) is 5.23. The lowest BCUT2D eigenvalue weighted by molar-refractivity contribution is 0.0789. The molecule has 1 unspecified atom stereocenters. The standard InChI is InChI=1S/C14H23N3O/c1-3-6-14(7-9-15-11-14)13(18)12-5-8-16-17(12)10-4-2/h5,8,15H,3-4,6-7,9-11H2,1-2H3. The van der Waals surface area contributed by atoms with Crippen LogP contribution in [0.4, 0.5) is 0 Å². The van der Waals surface area contributed by atoms with Gasteiger partial charge < -0.3 is 5.32 Å². The summed E-state index contributed by atoms with van der Waals surface area (Å²) in [5.74, 6) is 0.278. The number of rotatable bonds is 6. The molecule has 0 radical (unpaired) electrons. The van der Waals surface area contributed by atoms with Crippen molar-refractivity contribution >= 4 is 5.78 Å². The predicted molar refractivity (Wildman–Crippen MR) is 71.7 cm³/mol. The predicted octanol–water partition coefficient (Wildman–Crippen LogP) is 2.26. The minimum Gasteiger partial charge on any atom is -0.316 e. The zero-order valence-electron chi connectivity index (χ0n) is 11.4. The lowest BCUT2D eigenvalue weighted by atomic mass is 9.77. The summed E-state index contributed by atoms with van der Waals surface area (Å²) in [5, 5.41) is 7.61. The van der Waals surface area contributed by atoms with E-state index in [0.29, 0.717) is 0 Å². The van der Waals surface area contributed by atoms with Gasteiger partial charge >= 0.3 is 0 Å². The highest BCUT2D eigenvalue weighted by molar-refractivity contribution is 5.99. The first kappa shape index (κ1) is 13.3. The zero-order valence-corrected chi connectivity index (χ0v) is 11.4. The Bertz CT molecular complexity index is 405. The van der Waals surface area contributed by atoms with Crippen molar-refractivity contribution in [2.24, 2.45) is 5.41 Å². The fourth-order valence-electron chi connectivity index (χ4n) is 2.93. The van der Waals surface area contributed by atoms with E-state index in [1.54, 1.807) is 6.20 Å². The van der Waals surface area contributed by atoms with E-state index in [0.717, 1.165) is 51.0 Å². The molecule has 4 nitrogen and oxygen atoms in total. The number of nitrogens with zero attached hydrogens (tertiary/aromatic N) is 2. The van der Waals surface area contributed by atoms with Gasteiger partial charge in [-0.2, -0.15) is 5.10 Å². The molecule has 0 bridgehead atoms. The summed E-state index contributed by atoms with van der Waals surface area (Å²) in [6, 6.07) is 1.87. The van der Waals surface area contributed by atoms with Crippen molar-refractivity contribution in [1.82, 2.24) is 15.1 Å². The molecule has 0 amide bonds. The van der Waals surface area contributed by atoms with Gasteiger partial charge in [-0.15, -0.1) is 0 Å². The number of nitrogens with one attached hydrogen (secondary N) is 1. The Balaban J connectivity index is 2.25. The molecule has 1 aromatic rings. The van der Waals surface area contributed by atoms with E-state index >= 15 is 0 Å². The molecule has 18 heavy (non-hydrogen) atoms. The highest BCUT2D eigenvalue weighted by Crippen LogP contribution is 2.34. The third-order valence-electron chi connectivity index (χ3n) is 3.84. The highest BCUT2D eigenvalue weighted by Gasteiger charge is 2.41. The van der Waals surface area contributed by atoms with Crippen LogP contribution in [0, 0.1) is 5.41 Å². The van der Waals surface area contributed by atoms with Crippen molar-refractivity contribution < 1.29 is 4.79 Å². The monoisotopic (exact) mass is 249 g/mol. The Kier molecular flexibility index (Phi) is 4.17. The van der Waals surface area contributed by atoms with Crippen LogP contribution in [0.2, 0.25) is 0 Å². The van der Waals surface area contributed by atoms with Crippen LogP contribution < -0.4 is 5.32 Å². The molecule has 1 aromatic heterocycles. The molecular formula is C14H23N3O. The molecule has 4 heteroatoms. The van der Waals surface area contributed by atoms with Gasteiger partial charge in [0.2, 0.25) is 0 Å². The van der Waals surface area contributed by atoms with E-state index in [2.05, 4.69) is 24.3 Å². The Hall–Kier alpha value is -1.16. The Morgan fingerprint density at radius 2 is 2.33 bits per heavy atom. The number of carbonyl (C=O) groups excluding carboxylic acids is 1. The summed E-state index contributed by atoms with van der Waals surface area (Å²) >= 11 is 0. The van der Waals surface area contributed by atoms with Crippen molar-refractivity contribution in [1.29, 1.82) is 0 Å². The molecule has 1 atom stereocenters. The maximum atomic E-state index is 12.8. The molecule has 0 aliphatic carbocycles. The molecule has 100 valence electrons. The Labute approximate surface area is 109 Å². The smallest absolute Gasteiger partial charge is 0.188 e. The molecular weight excluding hydrogens is 226 g/mol. The van der Waals surface area contributed by atoms with Gasteiger partial charge in [-0.1, -0.05) is 20.3 Å². The van der Waals surface area contributed by atoms with Gasteiger partial charge in [0.05, 0.1) is 0 Å². The maximum absolute atomic E-state index is 12.8. The molecule has 1 aliphatic rings. The minimum absolute atomic E-state index is 0.194. The number of aryl methyl sites for hydroxylation is 1. The maximum Gasteiger partial charge on any atom is 0.188 e. The van der Waals surface area contributed by atoms with Gasteiger partial charge in [-0.05, 0) is 31.9 Å². The van der Waals surface area contributed by atoms with Gasteiger partial charge in [0.1, 0.15) is 5.69 Å². The van der Waals surface area contributed by atoms with Gasteiger partial charge in [0.15, 0.2) is 5.78 Å². The third-order valence-corrected chi connectivity index (χ3v) is 3.84. The number of hydrogen-bond donors (Lipinski definition) is 1. The van der Waals surface area contributed by atoms with Crippen molar-refractivity contribution in [3.05, 3.63) is 18.0 Å². The zero-order chi connectivity index (χ0) is 13.0. The van der Waals surface area contributed by atoms with Crippen LogP contribution in [0.1, 0.15) is 50.0 Å². The number of carbonyl (C=O) groups is 1. The van der Waals surface area contributed by atoms with Crippen LogP contribution in [0.25, 0.3) is 0 Å². The number of ketones is 1. The van der Waals surface area contributed by atoms with Gasteiger partial charge in [-0.25, -0.2) is 0 Å². The lowest BCUT2D eigenvalue weighted by Gasteiger charge is -2.26. The van der Waals surface area contributed by atoms with Gasteiger partial charge in [0, 0.05) is 24.7 Å². The lowest BCUT2D eigenvalue weighted by Crippen LogP contribution is -2.35. The minimum atomic E-state index is -0.194. The summed E-state index contributed by atoms with van der Waals surface area (Å²) in [7, 11) is 0. The molecule has 2 heterocycles. The summed E-state index contributed by atoms with van der Waals surface area (Å²) in [6.45, 7) is 6.85. The van der Waals surface area contributed by atoms with Crippen LogP contribution in [-0.4, -0.2) is 28.7 Å². The summed E-state index contributed by atoms with van der Waals surface area (Å²) in [4.78, 5) is 12.8. The molecule has 0 spiro atoms. The fourth-order valence-corrected chi connectivity index (χ4v) is 2.93. The van der Waals surface area contributed by atoms with Crippen LogP contribution in [0.3, 0.4) is 0 Å². The summed E-state index contributed by atoms with van der Waals surface area (Å²) in [6.07, 6.45) is 5.72. The summed E-state index contributed by atoms with van der Waals surface area (Å²) < 4.78 is 1.86.